The van der Waals surface area contributed by atoms with Crippen molar-refractivity contribution in [1.82, 2.24) is 14.9 Å². The molecule has 6 heteroatoms. The van der Waals surface area contributed by atoms with Crippen LogP contribution in [0.15, 0.2) is 41.6 Å². The fourth-order valence-electron chi connectivity index (χ4n) is 1.36. The quantitative estimate of drug-likeness (QED) is 0.523. The van der Waals surface area contributed by atoms with Gasteiger partial charge in [-0.05, 0) is 31.2 Å². The number of aromatic nitrogens is 3. The van der Waals surface area contributed by atoms with Crippen LogP contribution in [0.5, 0.6) is 0 Å². The van der Waals surface area contributed by atoms with Gasteiger partial charge in [-0.25, -0.2) is 9.07 Å². The zero-order valence-corrected chi connectivity index (χ0v) is 10.7. The Labute approximate surface area is 109 Å². The molecule has 0 spiro atoms. The first kappa shape index (κ1) is 12.6. The first-order chi connectivity index (χ1) is 8.58. The van der Waals surface area contributed by atoms with Crippen LogP contribution in [0.1, 0.15) is 6.92 Å². The molecular weight excluding hydrogens is 251 g/mol. The molecule has 0 saturated carbocycles. The molecule has 0 amide bonds. The lowest BCUT2D eigenvalue weighted by Gasteiger charge is -2.03. The van der Waals surface area contributed by atoms with Gasteiger partial charge in [-0.3, -0.25) is 0 Å². The summed E-state index contributed by atoms with van der Waals surface area (Å²) in [7, 11) is 0. The van der Waals surface area contributed by atoms with Gasteiger partial charge in [-0.15, -0.1) is 10.2 Å². The minimum Gasteiger partial charge on any atom is -0.335 e. The maximum absolute atomic E-state index is 12.8. The van der Waals surface area contributed by atoms with Gasteiger partial charge in [0.1, 0.15) is 5.82 Å². The zero-order chi connectivity index (χ0) is 13.1. The highest BCUT2D eigenvalue weighted by molar-refractivity contribution is 7.99. The van der Waals surface area contributed by atoms with Crippen LogP contribution in [0, 0.1) is 5.82 Å². The van der Waals surface area contributed by atoms with Gasteiger partial charge >= 0.3 is 0 Å². The number of nitrogens with zero attached hydrogens (tertiary/aromatic N) is 3. The molecule has 0 radical (unpaired) electrons. The van der Waals surface area contributed by atoms with E-state index in [0.29, 0.717) is 11.0 Å². The lowest BCUT2D eigenvalue weighted by Crippen LogP contribution is -2.11. The monoisotopic (exact) mass is 264 g/mol. The largest absolute Gasteiger partial charge is 0.335 e. The molecule has 0 atom stereocenters. The van der Waals surface area contributed by atoms with Gasteiger partial charge in [0, 0.05) is 11.3 Å². The Hall–Kier alpha value is -1.82. The van der Waals surface area contributed by atoms with Crippen molar-refractivity contribution >= 4 is 11.8 Å². The van der Waals surface area contributed by atoms with Crippen LogP contribution in [0.4, 0.5) is 4.39 Å². The van der Waals surface area contributed by atoms with Crippen LogP contribution in [-0.4, -0.2) is 20.6 Å². The molecule has 1 aromatic carbocycles. The minimum absolute atomic E-state index is 0.293. The Morgan fingerprint density at radius 3 is 2.67 bits per heavy atom. The van der Waals surface area contributed by atoms with Crippen molar-refractivity contribution in [3.63, 3.8) is 0 Å². The topological polar surface area (TPSA) is 56.7 Å². The van der Waals surface area contributed by atoms with Crippen molar-refractivity contribution in [2.24, 2.45) is 0 Å². The van der Waals surface area contributed by atoms with Gasteiger partial charge in [0.25, 0.3) is 0 Å². The highest BCUT2D eigenvalue weighted by atomic mass is 32.2. The smallest absolute Gasteiger partial charge is 0.210 e. The zero-order valence-electron chi connectivity index (χ0n) is 9.93. The molecule has 2 aromatic rings. The van der Waals surface area contributed by atoms with Crippen LogP contribution in [0.3, 0.4) is 0 Å². The number of rotatable bonds is 4. The van der Waals surface area contributed by atoms with Gasteiger partial charge in [0.05, 0.1) is 0 Å². The first-order valence-electron chi connectivity index (χ1n) is 5.31. The Kier molecular flexibility index (Phi) is 3.66. The van der Waals surface area contributed by atoms with E-state index in [-0.39, 0.29) is 5.82 Å². The fourth-order valence-corrected chi connectivity index (χ4v) is 2.06. The summed E-state index contributed by atoms with van der Waals surface area (Å²) in [4.78, 5) is 0. The number of thioether (sulfide) groups is 1. The van der Waals surface area contributed by atoms with Crippen molar-refractivity contribution in [1.29, 1.82) is 0 Å². The Bertz CT molecular complexity index is 562. The van der Waals surface area contributed by atoms with Gasteiger partial charge in [-0.2, -0.15) is 0 Å². The lowest BCUT2D eigenvalue weighted by atomic mass is 10.2. The summed E-state index contributed by atoms with van der Waals surface area (Å²) in [5, 5.41) is 8.62. The van der Waals surface area contributed by atoms with Crippen LogP contribution < -0.4 is 5.84 Å². The van der Waals surface area contributed by atoms with E-state index >= 15 is 0 Å². The van der Waals surface area contributed by atoms with E-state index in [2.05, 4.69) is 16.8 Å². The molecule has 0 aliphatic heterocycles. The normalized spacial score (nSPS) is 10.6. The summed E-state index contributed by atoms with van der Waals surface area (Å²) < 4.78 is 14.2. The molecule has 0 bridgehead atoms. The van der Waals surface area contributed by atoms with Crippen molar-refractivity contribution in [2.45, 2.75) is 12.1 Å². The SMILES string of the molecule is C=C(C)CSc1nnc(-c2ccc(F)cc2)n1N. The molecule has 0 saturated heterocycles. The molecule has 2 N–H and O–H groups in total. The van der Waals surface area contributed by atoms with Crippen LogP contribution in [0.25, 0.3) is 11.4 Å². The second kappa shape index (κ2) is 5.22. The number of halogens is 1. The number of benzene rings is 1. The van der Waals surface area contributed by atoms with Crippen molar-refractivity contribution in [3.05, 3.63) is 42.2 Å². The summed E-state index contributed by atoms with van der Waals surface area (Å²) in [6, 6.07) is 5.97. The van der Waals surface area contributed by atoms with E-state index in [9.17, 15) is 4.39 Å². The maximum Gasteiger partial charge on any atom is 0.210 e. The van der Waals surface area contributed by atoms with Gasteiger partial charge < -0.3 is 5.84 Å². The predicted octanol–water partition coefficient (Wildman–Crippen LogP) is 2.47. The van der Waals surface area contributed by atoms with Crippen molar-refractivity contribution in [3.8, 4) is 11.4 Å². The molecule has 94 valence electrons. The second-order valence-electron chi connectivity index (χ2n) is 3.93. The third kappa shape index (κ3) is 2.70. The number of nitrogen functional groups attached to an aromatic ring is 1. The van der Waals surface area contributed by atoms with Crippen molar-refractivity contribution in [2.75, 3.05) is 11.6 Å². The molecule has 0 unspecified atom stereocenters. The molecule has 1 heterocycles. The first-order valence-corrected chi connectivity index (χ1v) is 6.30. The molecule has 18 heavy (non-hydrogen) atoms. The third-order valence-corrected chi connectivity index (χ3v) is 3.39. The van der Waals surface area contributed by atoms with Gasteiger partial charge in [0.2, 0.25) is 5.16 Å². The molecule has 4 nitrogen and oxygen atoms in total. The van der Waals surface area contributed by atoms with E-state index in [4.69, 9.17) is 5.84 Å². The van der Waals surface area contributed by atoms with E-state index in [1.807, 2.05) is 6.92 Å². The number of nitrogens with two attached hydrogens (primary N) is 1. The lowest BCUT2D eigenvalue weighted by molar-refractivity contribution is 0.628. The standard InChI is InChI=1S/C12H13FN4S/c1-8(2)7-18-12-16-15-11(17(12)14)9-3-5-10(13)6-4-9/h3-6H,1,7,14H2,2H3. The maximum atomic E-state index is 12.8. The predicted molar refractivity (Wildman–Crippen MR) is 71.1 cm³/mol. The van der Waals surface area contributed by atoms with E-state index in [0.717, 1.165) is 16.9 Å². The summed E-state index contributed by atoms with van der Waals surface area (Å²) in [6.45, 7) is 5.75. The molecule has 0 fully saturated rings. The number of hydrogen-bond acceptors (Lipinski definition) is 4. The van der Waals surface area contributed by atoms with E-state index in [1.165, 1.54) is 28.6 Å². The van der Waals surface area contributed by atoms with E-state index in [1.54, 1.807) is 12.1 Å². The highest BCUT2D eigenvalue weighted by Gasteiger charge is 2.11. The van der Waals surface area contributed by atoms with Gasteiger partial charge in [0.15, 0.2) is 5.82 Å². The summed E-state index contributed by atoms with van der Waals surface area (Å²) in [6.07, 6.45) is 0. The van der Waals surface area contributed by atoms with Gasteiger partial charge in [-0.1, -0.05) is 23.9 Å². The summed E-state index contributed by atoms with van der Waals surface area (Å²) in [5.74, 6) is 6.86. The van der Waals surface area contributed by atoms with Crippen LogP contribution >= 0.6 is 11.8 Å². The molecule has 0 aliphatic carbocycles. The molecule has 2 rings (SSSR count). The summed E-state index contributed by atoms with van der Waals surface area (Å²) >= 11 is 1.46. The van der Waals surface area contributed by atoms with Crippen LogP contribution in [-0.2, 0) is 0 Å². The average Bonchev–Trinajstić information content (AvgIpc) is 2.69. The Morgan fingerprint density at radius 1 is 1.39 bits per heavy atom. The summed E-state index contributed by atoms with van der Waals surface area (Å²) in [5.41, 5.74) is 1.76. The highest BCUT2D eigenvalue weighted by Crippen LogP contribution is 2.22. The molecular formula is C12H13FN4S. The minimum atomic E-state index is -0.293. The number of hydrogen-bond donors (Lipinski definition) is 1. The fraction of sp³-hybridized carbons (Fsp3) is 0.167. The third-order valence-electron chi connectivity index (χ3n) is 2.21. The Morgan fingerprint density at radius 2 is 2.06 bits per heavy atom. The second-order valence-corrected chi connectivity index (χ2v) is 4.87. The Balaban J connectivity index is 2.25. The van der Waals surface area contributed by atoms with E-state index < -0.39 is 0 Å². The average molecular weight is 264 g/mol. The molecule has 0 aliphatic rings. The van der Waals surface area contributed by atoms with Crippen molar-refractivity contribution < 1.29 is 4.39 Å². The van der Waals surface area contributed by atoms with Crippen LogP contribution in [0.2, 0.25) is 0 Å². The molecule has 1 aromatic heterocycles.